The van der Waals surface area contributed by atoms with E-state index in [1.165, 1.54) is 18.0 Å². The van der Waals surface area contributed by atoms with Crippen molar-refractivity contribution < 1.29 is 14.7 Å². The average molecular weight is 169 g/mol. The normalized spacial score (nSPS) is 27.7. The fraction of sp³-hybridized carbons (Fsp3) is 0.500. The third-order valence-corrected chi connectivity index (χ3v) is 1.96. The number of carbonyl (C=O) groups is 2. The zero-order chi connectivity index (χ0) is 9.30. The molecule has 2 atom stereocenters. The Labute approximate surface area is 70.5 Å². The van der Waals surface area contributed by atoms with Gasteiger partial charge < -0.3 is 10.0 Å². The number of carboxylic acid groups (broad SMARTS) is 1. The summed E-state index contributed by atoms with van der Waals surface area (Å²) in [6.45, 7) is 3.14. The van der Waals surface area contributed by atoms with Crippen LogP contribution in [0, 0.1) is 5.92 Å². The van der Waals surface area contributed by atoms with Gasteiger partial charge in [0.15, 0.2) is 0 Å². The molecule has 1 aliphatic heterocycles. The smallest absolute Gasteiger partial charge is 0.327 e. The number of rotatable bonds is 1. The van der Waals surface area contributed by atoms with Crippen LogP contribution in [0.5, 0.6) is 0 Å². The van der Waals surface area contributed by atoms with Crippen molar-refractivity contribution in [1.82, 2.24) is 4.90 Å². The molecule has 1 heterocycles. The topological polar surface area (TPSA) is 57.6 Å². The van der Waals surface area contributed by atoms with E-state index >= 15 is 0 Å². The highest BCUT2D eigenvalue weighted by Gasteiger charge is 2.34. The van der Waals surface area contributed by atoms with Crippen molar-refractivity contribution in [2.24, 2.45) is 5.92 Å². The summed E-state index contributed by atoms with van der Waals surface area (Å²) in [5.74, 6) is -1.29. The van der Waals surface area contributed by atoms with Gasteiger partial charge in [-0.1, -0.05) is 13.0 Å². The second-order valence-electron chi connectivity index (χ2n) is 2.91. The highest BCUT2D eigenvalue weighted by atomic mass is 16.4. The fourth-order valence-electron chi connectivity index (χ4n) is 1.32. The molecule has 66 valence electrons. The highest BCUT2D eigenvalue weighted by Crippen LogP contribution is 2.20. The van der Waals surface area contributed by atoms with Gasteiger partial charge in [0.2, 0.25) is 5.91 Å². The van der Waals surface area contributed by atoms with E-state index in [4.69, 9.17) is 5.11 Å². The van der Waals surface area contributed by atoms with Gasteiger partial charge in [0.05, 0.1) is 0 Å². The lowest BCUT2D eigenvalue weighted by molar-refractivity contribution is -0.147. The number of aliphatic carboxylic acids is 1. The van der Waals surface area contributed by atoms with Crippen LogP contribution in [0.2, 0.25) is 0 Å². The van der Waals surface area contributed by atoms with Gasteiger partial charge in [-0.3, -0.25) is 4.79 Å². The van der Waals surface area contributed by atoms with E-state index < -0.39 is 12.0 Å². The number of carbonyl (C=O) groups excluding carboxylic acids is 1. The minimum absolute atomic E-state index is 0.105. The van der Waals surface area contributed by atoms with Crippen LogP contribution in [0.3, 0.4) is 0 Å². The zero-order valence-electron chi connectivity index (χ0n) is 7.02. The number of hydrogen-bond acceptors (Lipinski definition) is 2. The minimum Gasteiger partial charge on any atom is -0.480 e. The Bertz CT molecular complexity index is 247. The molecular weight excluding hydrogens is 158 g/mol. The third-order valence-electron chi connectivity index (χ3n) is 1.96. The number of hydrogen-bond donors (Lipinski definition) is 1. The molecule has 1 amide bonds. The molecule has 0 fully saturated rings. The lowest BCUT2D eigenvalue weighted by Gasteiger charge is -2.21. The Morgan fingerprint density at radius 1 is 1.50 bits per heavy atom. The molecule has 0 saturated carbocycles. The first kappa shape index (κ1) is 8.77. The Balaban J connectivity index is 2.83. The van der Waals surface area contributed by atoms with E-state index in [2.05, 4.69) is 0 Å². The van der Waals surface area contributed by atoms with Crippen LogP contribution in [-0.2, 0) is 9.59 Å². The zero-order valence-corrected chi connectivity index (χ0v) is 7.02. The van der Waals surface area contributed by atoms with Crippen molar-refractivity contribution in [3.8, 4) is 0 Å². The molecule has 1 rings (SSSR count). The third kappa shape index (κ3) is 1.32. The van der Waals surface area contributed by atoms with Crippen LogP contribution in [0.4, 0.5) is 0 Å². The van der Waals surface area contributed by atoms with Gasteiger partial charge >= 0.3 is 5.97 Å². The van der Waals surface area contributed by atoms with Crippen LogP contribution < -0.4 is 0 Å². The summed E-state index contributed by atoms with van der Waals surface area (Å²) in [5.41, 5.74) is 0. The Morgan fingerprint density at radius 2 is 2.08 bits per heavy atom. The molecule has 0 aliphatic carbocycles. The van der Waals surface area contributed by atoms with Gasteiger partial charge in [0, 0.05) is 19.0 Å². The van der Waals surface area contributed by atoms with Crippen molar-refractivity contribution in [3.63, 3.8) is 0 Å². The first-order valence-corrected chi connectivity index (χ1v) is 3.74. The second-order valence-corrected chi connectivity index (χ2v) is 2.91. The minimum atomic E-state index is -0.956. The summed E-state index contributed by atoms with van der Waals surface area (Å²) < 4.78 is 0. The summed E-state index contributed by atoms with van der Waals surface area (Å²) in [6, 6.07) is -0.720. The van der Waals surface area contributed by atoms with E-state index in [0.717, 1.165) is 0 Å². The van der Waals surface area contributed by atoms with Gasteiger partial charge in [-0.25, -0.2) is 4.79 Å². The monoisotopic (exact) mass is 169 g/mol. The quantitative estimate of drug-likeness (QED) is 0.620. The van der Waals surface area contributed by atoms with Crippen LogP contribution in [-0.4, -0.2) is 27.9 Å². The molecule has 12 heavy (non-hydrogen) atoms. The van der Waals surface area contributed by atoms with Crippen LogP contribution in [0.1, 0.15) is 13.8 Å². The lowest BCUT2D eigenvalue weighted by Crippen LogP contribution is -2.40. The standard InChI is InChI=1S/C8H11NO3/c1-5-3-4-9(6(2)10)7(5)8(11)12/h3-5,7H,1-2H3,(H,11,12). The van der Waals surface area contributed by atoms with Gasteiger partial charge in [-0.2, -0.15) is 0 Å². The largest absolute Gasteiger partial charge is 0.480 e. The van der Waals surface area contributed by atoms with Crippen molar-refractivity contribution in [1.29, 1.82) is 0 Å². The maximum atomic E-state index is 10.9. The number of amides is 1. The van der Waals surface area contributed by atoms with Crippen molar-refractivity contribution in [3.05, 3.63) is 12.3 Å². The molecule has 0 aromatic heterocycles. The predicted octanol–water partition coefficient (Wildman–Crippen LogP) is 0.452. The summed E-state index contributed by atoms with van der Waals surface area (Å²) in [4.78, 5) is 22.9. The van der Waals surface area contributed by atoms with Crippen molar-refractivity contribution >= 4 is 11.9 Å². The predicted molar refractivity (Wildman–Crippen MR) is 42.2 cm³/mol. The van der Waals surface area contributed by atoms with E-state index in [1.54, 1.807) is 13.0 Å². The summed E-state index contributed by atoms with van der Waals surface area (Å²) in [7, 11) is 0. The first-order chi connectivity index (χ1) is 5.54. The van der Waals surface area contributed by atoms with Crippen LogP contribution in [0.15, 0.2) is 12.3 Å². The van der Waals surface area contributed by atoms with Crippen LogP contribution >= 0.6 is 0 Å². The molecule has 0 spiro atoms. The Hall–Kier alpha value is -1.32. The second kappa shape index (κ2) is 2.97. The van der Waals surface area contributed by atoms with Crippen molar-refractivity contribution in [2.45, 2.75) is 19.9 Å². The molecule has 0 aromatic carbocycles. The van der Waals surface area contributed by atoms with E-state index in [-0.39, 0.29) is 11.8 Å². The van der Waals surface area contributed by atoms with Crippen LogP contribution in [0.25, 0.3) is 0 Å². The Morgan fingerprint density at radius 3 is 2.42 bits per heavy atom. The SMILES string of the molecule is CC(=O)N1C=CC(C)C1C(=O)O. The molecule has 0 bridgehead atoms. The van der Waals surface area contributed by atoms with Gasteiger partial charge in [-0.05, 0) is 0 Å². The first-order valence-electron chi connectivity index (χ1n) is 3.74. The Kier molecular flexibility index (Phi) is 2.17. The molecule has 4 nitrogen and oxygen atoms in total. The van der Waals surface area contributed by atoms with E-state index in [0.29, 0.717) is 0 Å². The molecule has 0 aromatic rings. The number of carboxylic acids is 1. The molecule has 1 aliphatic rings. The highest BCUT2D eigenvalue weighted by molar-refractivity contribution is 5.84. The maximum absolute atomic E-state index is 10.9. The molecule has 0 radical (unpaired) electrons. The summed E-state index contributed by atoms with van der Waals surface area (Å²) in [5, 5.41) is 8.77. The van der Waals surface area contributed by atoms with Gasteiger partial charge in [0.1, 0.15) is 6.04 Å². The fourth-order valence-corrected chi connectivity index (χ4v) is 1.32. The molecule has 2 unspecified atom stereocenters. The van der Waals surface area contributed by atoms with Crippen molar-refractivity contribution in [2.75, 3.05) is 0 Å². The lowest BCUT2D eigenvalue weighted by atomic mass is 10.1. The summed E-state index contributed by atoms with van der Waals surface area (Å²) >= 11 is 0. The number of nitrogens with zero attached hydrogens (tertiary/aromatic N) is 1. The molecule has 0 saturated heterocycles. The molecule has 4 heteroatoms. The molecular formula is C8H11NO3. The molecule has 1 N–H and O–H groups in total. The van der Waals surface area contributed by atoms with E-state index in [9.17, 15) is 9.59 Å². The van der Waals surface area contributed by atoms with Gasteiger partial charge in [-0.15, -0.1) is 0 Å². The summed E-state index contributed by atoms with van der Waals surface area (Å²) in [6.07, 6.45) is 3.26. The average Bonchev–Trinajstić information content (AvgIpc) is 2.30. The van der Waals surface area contributed by atoms with E-state index in [1.807, 2.05) is 0 Å². The van der Waals surface area contributed by atoms with Gasteiger partial charge in [0.25, 0.3) is 0 Å². The maximum Gasteiger partial charge on any atom is 0.327 e.